The first kappa shape index (κ1) is 17.3. The topological polar surface area (TPSA) is 121 Å². The second-order valence-corrected chi connectivity index (χ2v) is 5.02. The molecule has 4 N–H and O–H groups in total. The summed E-state index contributed by atoms with van der Waals surface area (Å²) < 4.78 is 4.43. The third kappa shape index (κ3) is 5.59. The van der Waals surface area contributed by atoms with Crippen LogP contribution in [0.15, 0.2) is 24.3 Å². The first-order valence-corrected chi connectivity index (χ1v) is 7.40. The van der Waals surface area contributed by atoms with Gasteiger partial charge in [-0.05, 0) is 19.1 Å². The van der Waals surface area contributed by atoms with E-state index in [4.69, 9.17) is 0 Å². The van der Waals surface area contributed by atoms with E-state index in [0.29, 0.717) is 30.4 Å². The number of nitrogens with one attached hydrogen (secondary N) is 4. The fraction of sp³-hybridized carbons (Fsp3) is 0.333. The fourth-order valence-corrected chi connectivity index (χ4v) is 1.93. The van der Waals surface area contributed by atoms with Crippen LogP contribution in [0.5, 0.6) is 0 Å². The second-order valence-electron chi connectivity index (χ2n) is 5.02. The molecule has 0 unspecified atom stereocenters. The highest BCUT2D eigenvalue weighted by Crippen LogP contribution is 2.13. The SMILES string of the molecule is COC(=O)NCCNC(=O)Cc1cccc(Nc2cc(C)[nH]n2)n1. The van der Waals surface area contributed by atoms with Gasteiger partial charge in [-0.3, -0.25) is 9.89 Å². The number of nitrogens with zero attached hydrogens (tertiary/aromatic N) is 2. The van der Waals surface area contributed by atoms with E-state index < -0.39 is 6.09 Å². The maximum Gasteiger partial charge on any atom is 0.406 e. The van der Waals surface area contributed by atoms with Crippen LogP contribution in [0, 0.1) is 6.92 Å². The molecule has 0 fully saturated rings. The predicted octanol–water partition coefficient (Wildman–Crippen LogP) is 0.871. The summed E-state index contributed by atoms with van der Waals surface area (Å²) in [7, 11) is 1.28. The van der Waals surface area contributed by atoms with Gasteiger partial charge in [-0.15, -0.1) is 0 Å². The molecule has 9 heteroatoms. The molecule has 9 nitrogen and oxygen atoms in total. The number of carbonyl (C=O) groups is 2. The van der Waals surface area contributed by atoms with E-state index in [1.54, 1.807) is 12.1 Å². The molecular weight excluding hydrogens is 312 g/mol. The Bertz CT molecular complexity index is 700. The van der Waals surface area contributed by atoms with Gasteiger partial charge in [0.15, 0.2) is 5.82 Å². The van der Waals surface area contributed by atoms with E-state index in [1.807, 2.05) is 19.1 Å². The van der Waals surface area contributed by atoms with Gasteiger partial charge in [0.05, 0.1) is 19.2 Å². The van der Waals surface area contributed by atoms with Crippen molar-refractivity contribution in [1.29, 1.82) is 0 Å². The summed E-state index contributed by atoms with van der Waals surface area (Å²) in [6.45, 7) is 2.52. The fourth-order valence-electron chi connectivity index (χ4n) is 1.93. The van der Waals surface area contributed by atoms with Crippen LogP contribution in [0.25, 0.3) is 0 Å². The number of rotatable bonds is 7. The minimum Gasteiger partial charge on any atom is -0.453 e. The molecule has 0 aromatic carbocycles. The van der Waals surface area contributed by atoms with E-state index in [-0.39, 0.29) is 12.3 Å². The van der Waals surface area contributed by atoms with Gasteiger partial charge in [-0.25, -0.2) is 9.78 Å². The summed E-state index contributed by atoms with van der Waals surface area (Å²) in [5, 5.41) is 15.1. The van der Waals surface area contributed by atoms with Crippen molar-refractivity contribution in [2.45, 2.75) is 13.3 Å². The number of aryl methyl sites for hydroxylation is 1. The number of hydrogen-bond donors (Lipinski definition) is 4. The van der Waals surface area contributed by atoms with Crippen LogP contribution in [0.4, 0.5) is 16.4 Å². The average Bonchev–Trinajstić information content (AvgIpc) is 2.96. The molecule has 0 saturated carbocycles. The zero-order chi connectivity index (χ0) is 17.4. The minimum atomic E-state index is -0.529. The molecule has 0 saturated heterocycles. The van der Waals surface area contributed by atoms with Gasteiger partial charge in [-0.1, -0.05) is 6.07 Å². The lowest BCUT2D eigenvalue weighted by Gasteiger charge is -2.07. The van der Waals surface area contributed by atoms with Crippen molar-refractivity contribution in [3.05, 3.63) is 35.7 Å². The summed E-state index contributed by atoms with van der Waals surface area (Å²) in [6, 6.07) is 7.24. The largest absolute Gasteiger partial charge is 0.453 e. The van der Waals surface area contributed by atoms with Crippen molar-refractivity contribution in [3.8, 4) is 0 Å². The number of pyridine rings is 1. The van der Waals surface area contributed by atoms with Gasteiger partial charge >= 0.3 is 6.09 Å². The average molecular weight is 332 g/mol. The predicted molar refractivity (Wildman–Crippen MR) is 88.0 cm³/mol. The van der Waals surface area contributed by atoms with Gasteiger partial charge in [0.1, 0.15) is 5.82 Å². The van der Waals surface area contributed by atoms with Gasteiger partial charge in [0.25, 0.3) is 0 Å². The number of ether oxygens (including phenoxy) is 1. The standard InChI is InChI=1S/C15H20N6O3/c1-10-8-13(21-20-10)19-12-5-3-4-11(18-12)9-14(22)16-6-7-17-15(23)24-2/h3-5,8H,6-7,9H2,1-2H3,(H,16,22)(H,17,23)(H2,18,19,20,21). The monoisotopic (exact) mass is 332 g/mol. The van der Waals surface area contributed by atoms with Crippen molar-refractivity contribution in [3.63, 3.8) is 0 Å². The summed E-state index contributed by atoms with van der Waals surface area (Å²) in [6.07, 6.45) is -0.383. The Labute approximate surface area is 139 Å². The molecule has 2 amide bonds. The van der Waals surface area contributed by atoms with Crippen LogP contribution in [-0.2, 0) is 16.0 Å². The summed E-state index contributed by atoms with van der Waals surface area (Å²) in [5.41, 5.74) is 1.57. The molecule has 0 aliphatic carbocycles. The highest BCUT2D eigenvalue weighted by Gasteiger charge is 2.06. The first-order valence-electron chi connectivity index (χ1n) is 7.40. The molecule has 2 aromatic heterocycles. The number of aromatic amines is 1. The molecule has 0 spiro atoms. The number of aromatic nitrogens is 3. The number of anilines is 2. The Morgan fingerprint density at radius 2 is 2.00 bits per heavy atom. The highest BCUT2D eigenvalue weighted by atomic mass is 16.5. The van der Waals surface area contributed by atoms with Crippen LogP contribution in [0.2, 0.25) is 0 Å². The lowest BCUT2D eigenvalue weighted by molar-refractivity contribution is -0.120. The van der Waals surface area contributed by atoms with Crippen molar-refractivity contribution in [2.75, 3.05) is 25.5 Å². The molecule has 0 radical (unpaired) electrons. The van der Waals surface area contributed by atoms with E-state index in [0.717, 1.165) is 5.69 Å². The first-order chi connectivity index (χ1) is 11.6. The molecule has 0 aliphatic rings. The minimum absolute atomic E-state index is 0.146. The quantitative estimate of drug-likeness (QED) is 0.558. The van der Waals surface area contributed by atoms with E-state index in [2.05, 4.69) is 35.9 Å². The van der Waals surface area contributed by atoms with Gasteiger partial charge in [-0.2, -0.15) is 5.10 Å². The van der Waals surface area contributed by atoms with Crippen LogP contribution in [-0.4, -0.2) is 47.4 Å². The molecular formula is C15H20N6O3. The Kier molecular flexibility index (Phi) is 6.12. The van der Waals surface area contributed by atoms with Crippen molar-refractivity contribution < 1.29 is 14.3 Å². The van der Waals surface area contributed by atoms with Crippen LogP contribution in [0.1, 0.15) is 11.4 Å². The third-order valence-electron chi connectivity index (χ3n) is 3.01. The van der Waals surface area contributed by atoms with E-state index in [9.17, 15) is 9.59 Å². The Hall–Kier alpha value is -3.10. The zero-order valence-corrected chi connectivity index (χ0v) is 13.5. The number of amides is 2. The molecule has 0 aliphatic heterocycles. The Morgan fingerprint density at radius 3 is 2.71 bits per heavy atom. The van der Waals surface area contributed by atoms with Gasteiger partial charge in [0, 0.05) is 24.8 Å². The second kappa shape index (κ2) is 8.51. The summed E-state index contributed by atoms with van der Waals surface area (Å²) in [4.78, 5) is 27.1. The highest BCUT2D eigenvalue weighted by molar-refractivity contribution is 5.78. The van der Waals surface area contributed by atoms with E-state index >= 15 is 0 Å². The lowest BCUT2D eigenvalue weighted by Crippen LogP contribution is -2.35. The molecule has 0 bridgehead atoms. The maximum absolute atomic E-state index is 11.9. The van der Waals surface area contributed by atoms with Crippen molar-refractivity contribution in [2.24, 2.45) is 0 Å². The van der Waals surface area contributed by atoms with Crippen molar-refractivity contribution in [1.82, 2.24) is 25.8 Å². The van der Waals surface area contributed by atoms with E-state index in [1.165, 1.54) is 7.11 Å². The van der Waals surface area contributed by atoms with Gasteiger partial charge in [0.2, 0.25) is 5.91 Å². The van der Waals surface area contributed by atoms with Crippen LogP contribution >= 0.6 is 0 Å². The normalized spacial score (nSPS) is 10.1. The third-order valence-corrected chi connectivity index (χ3v) is 3.01. The number of H-pyrrole nitrogens is 1. The molecule has 128 valence electrons. The zero-order valence-electron chi connectivity index (χ0n) is 13.5. The number of carbonyl (C=O) groups excluding carboxylic acids is 2. The van der Waals surface area contributed by atoms with Crippen LogP contribution in [0.3, 0.4) is 0 Å². The smallest absolute Gasteiger partial charge is 0.406 e. The van der Waals surface area contributed by atoms with Gasteiger partial charge < -0.3 is 20.7 Å². The molecule has 2 aromatic rings. The Balaban J connectivity index is 1.80. The molecule has 24 heavy (non-hydrogen) atoms. The van der Waals surface area contributed by atoms with Crippen molar-refractivity contribution >= 4 is 23.6 Å². The lowest BCUT2D eigenvalue weighted by atomic mass is 10.2. The Morgan fingerprint density at radius 1 is 1.21 bits per heavy atom. The molecule has 2 rings (SSSR count). The van der Waals surface area contributed by atoms with Crippen LogP contribution < -0.4 is 16.0 Å². The summed E-state index contributed by atoms with van der Waals surface area (Å²) in [5.74, 6) is 1.09. The summed E-state index contributed by atoms with van der Waals surface area (Å²) >= 11 is 0. The number of alkyl carbamates (subject to hydrolysis) is 1. The number of hydrogen-bond acceptors (Lipinski definition) is 6. The molecule has 0 atom stereocenters. The molecule has 2 heterocycles. The number of methoxy groups -OCH3 is 1. The maximum atomic E-state index is 11.9.